The summed E-state index contributed by atoms with van der Waals surface area (Å²) in [7, 11) is 0. The van der Waals surface area contributed by atoms with Gasteiger partial charge in [0.05, 0.1) is 39.6 Å². The molecule has 1 fully saturated rings. The zero-order valence-electron chi connectivity index (χ0n) is 24.5. The molecule has 0 radical (unpaired) electrons. The fourth-order valence-corrected chi connectivity index (χ4v) is 5.46. The number of amides is 1. The highest BCUT2D eigenvalue weighted by molar-refractivity contribution is 6.41. The van der Waals surface area contributed by atoms with E-state index in [1.54, 1.807) is 11.0 Å². The predicted molar refractivity (Wildman–Crippen MR) is 158 cm³/mol. The first-order valence-electron chi connectivity index (χ1n) is 13.5. The van der Waals surface area contributed by atoms with Crippen molar-refractivity contribution < 1.29 is 9.53 Å². The van der Waals surface area contributed by atoms with Crippen molar-refractivity contribution in [2.75, 3.05) is 18.0 Å². The average molecular weight is 591 g/mol. The van der Waals surface area contributed by atoms with Gasteiger partial charge in [0.15, 0.2) is 5.65 Å². The first-order chi connectivity index (χ1) is 18.6. The standard InChI is InChI=1S/C28H37Cl2N7O3/c1-14(2)20-22(21(15(3)4)32-13-31-20)37-25-18(10-19(29)23(30)33-25)24(34-26(37)38)35-11-16(5)36(17(6)12-35)27(39)40-28(7,8)9/h10,13-17H,11-12H2,1-9H3/t16-,17+. The van der Waals surface area contributed by atoms with Crippen LogP contribution in [-0.2, 0) is 4.74 Å². The average Bonchev–Trinajstić information content (AvgIpc) is 2.82. The van der Waals surface area contributed by atoms with Gasteiger partial charge in [-0.3, -0.25) is 4.90 Å². The van der Waals surface area contributed by atoms with E-state index < -0.39 is 11.3 Å². The van der Waals surface area contributed by atoms with Crippen LogP contribution in [0.5, 0.6) is 0 Å². The second-order valence-electron chi connectivity index (χ2n) is 12.0. The molecule has 216 valence electrons. The Morgan fingerprint density at radius 2 is 1.55 bits per heavy atom. The van der Waals surface area contributed by atoms with E-state index in [4.69, 9.17) is 27.9 Å². The van der Waals surface area contributed by atoms with E-state index in [9.17, 15) is 9.59 Å². The van der Waals surface area contributed by atoms with Crippen molar-refractivity contribution in [2.45, 2.75) is 91.8 Å². The Morgan fingerprint density at radius 3 is 2.05 bits per heavy atom. The Balaban J connectivity index is 1.90. The largest absolute Gasteiger partial charge is 0.444 e. The van der Waals surface area contributed by atoms with Gasteiger partial charge in [0.25, 0.3) is 0 Å². The molecule has 1 amide bonds. The van der Waals surface area contributed by atoms with Crippen LogP contribution < -0.4 is 10.6 Å². The maximum atomic E-state index is 13.9. The van der Waals surface area contributed by atoms with Crippen molar-refractivity contribution >= 4 is 46.1 Å². The van der Waals surface area contributed by atoms with Crippen LogP contribution >= 0.6 is 23.2 Å². The highest BCUT2D eigenvalue weighted by Crippen LogP contribution is 2.35. The van der Waals surface area contributed by atoms with Crippen molar-refractivity contribution in [1.82, 2.24) is 29.4 Å². The van der Waals surface area contributed by atoms with Gasteiger partial charge in [0.1, 0.15) is 22.9 Å². The summed E-state index contributed by atoms with van der Waals surface area (Å²) in [5, 5.41) is 0.880. The molecular formula is C28H37Cl2N7O3. The maximum absolute atomic E-state index is 13.9. The van der Waals surface area contributed by atoms with Crippen molar-refractivity contribution in [2.24, 2.45) is 0 Å². The summed E-state index contributed by atoms with van der Waals surface area (Å²) >= 11 is 12.9. The number of ether oxygens (including phenoxy) is 1. The summed E-state index contributed by atoms with van der Waals surface area (Å²) in [6.45, 7) is 18.3. The zero-order chi connectivity index (χ0) is 29.7. The molecule has 1 aliphatic rings. The molecule has 0 spiro atoms. The smallest absolute Gasteiger partial charge is 0.410 e. The molecule has 1 saturated heterocycles. The van der Waals surface area contributed by atoms with E-state index in [2.05, 4.69) is 19.9 Å². The van der Waals surface area contributed by atoms with Crippen LogP contribution in [0, 0.1) is 0 Å². The van der Waals surface area contributed by atoms with Crippen LogP contribution in [0.15, 0.2) is 17.2 Å². The number of aromatic nitrogens is 5. The van der Waals surface area contributed by atoms with Gasteiger partial charge >= 0.3 is 11.8 Å². The Bertz CT molecular complexity index is 1460. The second kappa shape index (κ2) is 11.1. The third-order valence-electron chi connectivity index (χ3n) is 6.78. The lowest BCUT2D eigenvalue weighted by Crippen LogP contribution is -2.59. The summed E-state index contributed by atoms with van der Waals surface area (Å²) in [4.78, 5) is 48.8. The number of piperazine rings is 1. The van der Waals surface area contributed by atoms with Crippen LogP contribution in [-0.4, -0.2) is 66.3 Å². The number of hydrogen-bond acceptors (Lipinski definition) is 8. The number of pyridine rings is 1. The summed E-state index contributed by atoms with van der Waals surface area (Å²) < 4.78 is 7.10. The Labute approximate surface area is 244 Å². The summed E-state index contributed by atoms with van der Waals surface area (Å²) in [5.74, 6) is 0.434. The van der Waals surface area contributed by atoms with Crippen LogP contribution in [0.1, 0.15) is 85.5 Å². The first kappa shape index (κ1) is 30.0. The Kier molecular flexibility index (Phi) is 8.34. The van der Waals surface area contributed by atoms with Gasteiger partial charge in [0, 0.05) is 13.1 Å². The molecule has 40 heavy (non-hydrogen) atoms. The third-order valence-corrected chi connectivity index (χ3v) is 7.45. The third kappa shape index (κ3) is 5.74. The van der Waals surface area contributed by atoms with Crippen molar-refractivity contribution in [3.8, 4) is 5.69 Å². The Hall–Kier alpha value is -2.98. The monoisotopic (exact) mass is 589 g/mol. The highest BCUT2D eigenvalue weighted by atomic mass is 35.5. The van der Waals surface area contributed by atoms with Gasteiger partial charge in [-0.25, -0.2) is 29.1 Å². The number of fused-ring (bicyclic) bond motifs is 1. The number of rotatable bonds is 4. The fourth-order valence-electron chi connectivity index (χ4n) is 5.18. The van der Waals surface area contributed by atoms with Gasteiger partial charge in [-0.2, -0.15) is 4.98 Å². The van der Waals surface area contributed by atoms with Crippen LogP contribution in [0.3, 0.4) is 0 Å². The number of hydrogen-bond donors (Lipinski definition) is 0. The lowest BCUT2D eigenvalue weighted by atomic mass is 10.0. The normalized spacial score (nSPS) is 18.2. The van der Waals surface area contributed by atoms with Crippen molar-refractivity contribution in [3.05, 3.63) is 44.4 Å². The molecule has 0 unspecified atom stereocenters. The Morgan fingerprint density at radius 1 is 1.00 bits per heavy atom. The maximum Gasteiger partial charge on any atom is 0.410 e. The topological polar surface area (TPSA) is 106 Å². The predicted octanol–water partition coefficient (Wildman–Crippen LogP) is 5.96. The molecule has 0 aromatic carbocycles. The van der Waals surface area contributed by atoms with E-state index in [0.29, 0.717) is 47.0 Å². The molecule has 4 heterocycles. The first-order valence-corrected chi connectivity index (χ1v) is 14.3. The molecule has 0 N–H and O–H groups in total. The SMILES string of the molecule is CC(C)c1ncnc(C(C)C)c1-n1c(=O)nc(N2C[C@@H](C)N(C(=O)OC(C)(C)C)[C@@H](C)C2)c2cc(Cl)c(Cl)nc21. The van der Waals surface area contributed by atoms with E-state index >= 15 is 0 Å². The van der Waals surface area contributed by atoms with Gasteiger partial charge in [0.2, 0.25) is 0 Å². The molecule has 0 bridgehead atoms. The van der Waals surface area contributed by atoms with Gasteiger partial charge in [-0.1, -0.05) is 50.9 Å². The molecule has 3 aromatic heterocycles. The minimum Gasteiger partial charge on any atom is -0.444 e. The lowest BCUT2D eigenvalue weighted by molar-refractivity contribution is 0.00562. The van der Waals surface area contributed by atoms with Crippen LogP contribution in [0.2, 0.25) is 10.2 Å². The lowest BCUT2D eigenvalue weighted by Gasteiger charge is -2.45. The zero-order valence-corrected chi connectivity index (χ0v) is 26.0. The summed E-state index contributed by atoms with van der Waals surface area (Å²) in [5.41, 5.74) is 1.15. The number of anilines is 1. The quantitative estimate of drug-likeness (QED) is 0.343. The molecular weight excluding hydrogens is 553 g/mol. The van der Waals surface area contributed by atoms with E-state index in [1.807, 2.05) is 67.2 Å². The van der Waals surface area contributed by atoms with Gasteiger partial charge < -0.3 is 9.64 Å². The second-order valence-corrected chi connectivity index (χ2v) is 12.7. The molecule has 3 aromatic rings. The van der Waals surface area contributed by atoms with Crippen molar-refractivity contribution in [3.63, 3.8) is 0 Å². The molecule has 1 aliphatic heterocycles. The van der Waals surface area contributed by atoms with Crippen molar-refractivity contribution in [1.29, 1.82) is 0 Å². The highest BCUT2D eigenvalue weighted by Gasteiger charge is 2.37. The minimum absolute atomic E-state index is 0.00234. The fraction of sp³-hybridized carbons (Fsp3) is 0.571. The van der Waals surface area contributed by atoms with Gasteiger partial charge in [-0.05, 0) is 52.5 Å². The number of carbonyl (C=O) groups excluding carboxylic acids is 1. The molecule has 0 saturated carbocycles. The van der Waals surface area contributed by atoms with Crippen LogP contribution in [0.25, 0.3) is 16.7 Å². The van der Waals surface area contributed by atoms with Crippen LogP contribution in [0.4, 0.5) is 10.6 Å². The molecule has 10 nitrogen and oxygen atoms in total. The minimum atomic E-state index is -0.609. The molecule has 12 heteroatoms. The van der Waals surface area contributed by atoms with E-state index in [0.717, 1.165) is 0 Å². The summed E-state index contributed by atoms with van der Waals surface area (Å²) in [6.07, 6.45) is 1.15. The molecule has 0 aliphatic carbocycles. The molecule has 2 atom stereocenters. The number of nitrogens with zero attached hydrogens (tertiary/aromatic N) is 7. The summed E-state index contributed by atoms with van der Waals surface area (Å²) in [6, 6.07) is 1.26. The van der Waals surface area contributed by atoms with E-state index in [-0.39, 0.29) is 40.2 Å². The number of carbonyl (C=O) groups is 1. The number of halogens is 2. The van der Waals surface area contributed by atoms with E-state index in [1.165, 1.54) is 10.9 Å². The van der Waals surface area contributed by atoms with Gasteiger partial charge in [-0.15, -0.1) is 0 Å². The molecule has 4 rings (SSSR count).